The van der Waals surface area contributed by atoms with Crippen LogP contribution < -0.4 is 5.73 Å². The highest BCUT2D eigenvalue weighted by Gasteiger charge is 2.33. The van der Waals surface area contributed by atoms with E-state index in [0.29, 0.717) is 18.5 Å². The third-order valence-electron chi connectivity index (χ3n) is 3.82. The van der Waals surface area contributed by atoms with Crippen LogP contribution in [0.4, 0.5) is 0 Å². The quantitative estimate of drug-likeness (QED) is 0.874. The number of nitrogens with zero attached hydrogens (tertiary/aromatic N) is 1. The number of hydrogen-bond donors (Lipinski definition) is 1. The van der Waals surface area contributed by atoms with Crippen molar-refractivity contribution in [2.75, 3.05) is 13.1 Å². The first kappa shape index (κ1) is 12.7. The molecule has 2 atom stereocenters. The lowest BCUT2D eigenvalue weighted by atomic mass is 10.0. The maximum atomic E-state index is 5.95. The smallest absolute Gasteiger partial charge is 0.122 e. The summed E-state index contributed by atoms with van der Waals surface area (Å²) in [5.41, 5.74) is 5.95. The normalized spacial score (nSPS) is 23.5. The second-order valence-electron chi connectivity index (χ2n) is 5.39. The summed E-state index contributed by atoms with van der Waals surface area (Å²) in [5.74, 6) is 2.68. The van der Waals surface area contributed by atoms with Crippen LogP contribution in [0.25, 0.3) is 0 Å². The third kappa shape index (κ3) is 2.55. The molecule has 0 aromatic carbocycles. The first-order valence-electron chi connectivity index (χ1n) is 6.65. The van der Waals surface area contributed by atoms with Crippen molar-refractivity contribution in [3.8, 4) is 0 Å². The molecule has 17 heavy (non-hydrogen) atoms. The van der Waals surface area contributed by atoms with Crippen LogP contribution in [-0.2, 0) is 0 Å². The van der Waals surface area contributed by atoms with Crippen molar-refractivity contribution >= 4 is 0 Å². The van der Waals surface area contributed by atoms with Gasteiger partial charge in [0.15, 0.2) is 0 Å². The molecule has 1 aromatic rings. The summed E-state index contributed by atoms with van der Waals surface area (Å²) in [6, 6.07) is 4.99. The molecule has 0 spiro atoms. The molecule has 2 heterocycles. The highest BCUT2D eigenvalue weighted by molar-refractivity contribution is 5.11. The fourth-order valence-electron chi connectivity index (χ4n) is 2.97. The SMILES string of the molecule is Cc1ccc(C(CN)N2CCCC2C(C)C)o1. The van der Waals surface area contributed by atoms with Gasteiger partial charge in [0.05, 0.1) is 6.04 Å². The van der Waals surface area contributed by atoms with Crippen molar-refractivity contribution in [1.82, 2.24) is 4.90 Å². The molecule has 2 rings (SSSR count). The van der Waals surface area contributed by atoms with E-state index >= 15 is 0 Å². The summed E-state index contributed by atoms with van der Waals surface area (Å²) >= 11 is 0. The molecule has 1 aliphatic heterocycles. The average Bonchev–Trinajstić information content (AvgIpc) is 2.89. The van der Waals surface area contributed by atoms with Gasteiger partial charge in [0, 0.05) is 12.6 Å². The summed E-state index contributed by atoms with van der Waals surface area (Å²) in [4.78, 5) is 2.53. The zero-order valence-corrected chi connectivity index (χ0v) is 11.1. The van der Waals surface area contributed by atoms with E-state index in [1.165, 1.54) is 12.8 Å². The Kier molecular flexibility index (Phi) is 3.89. The van der Waals surface area contributed by atoms with Gasteiger partial charge < -0.3 is 10.2 Å². The second-order valence-corrected chi connectivity index (χ2v) is 5.39. The number of likely N-dealkylation sites (tertiary alicyclic amines) is 1. The Morgan fingerprint density at radius 2 is 2.24 bits per heavy atom. The Labute approximate surface area is 104 Å². The van der Waals surface area contributed by atoms with E-state index in [2.05, 4.69) is 24.8 Å². The largest absolute Gasteiger partial charge is 0.465 e. The minimum atomic E-state index is 0.249. The lowest BCUT2D eigenvalue weighted by Gasteiger charge is -2.33. The number of hydrogen-bond acceptors (Lipinski definition) is 3. The molecule has 0 radical (unpaired) electrons. The molecule has 1 aromatic heterocycles. The van der Waals surface area contributed by atoms with Gasteiger partial charge in [0.25, 0.3) is 0 Å². The Morgan fingerprint density at radius 1 is 1.47 bits per heavy atom. The zero-order valence-electron chi connectivity index (χ0n) is 11.1. The molecule has 3 heteroatoms. The van der Waals surface area contributed by atoms with Crippen LogP contribution in [0.3, 0.4) is 0 Å². The molecule has 2 N–H and O–H groups in total. The molecule has 96 valence electrons. The van der Waals surface area contributed by atoms with Gasteiger partial charge in [-0.15, -0.1) is 0 Å². The minimum Gasteiger partial charge on any atom is -0.465 e. The molecule has 1 saturated heterocycles. The highest BCUT2D eigenvalue weighted by atomic mass is 16.3. The molecule has 0 bridgehead atoms. The Hall–Kier alpha value is -0.800. The fourth-order valence-corrected chi connectivity index (χ4v) is 2.97. The highest BCUT2D eigenvalue weighted by Crippen LogP contribution is 2.32. The first-order chi connectivity index (χ1) is 8.13. The van der Waals surface area contributed by atoms with Gasteiger partial charge in [-0.2, -0.15) is 0 Å². The fraction of sp³-hybridized carbons (Fsp3) is 0.714. The van der Waals surface area contributed by atoms with E-state index < -0.39 is 0 Å². The van der Waals surface area contributed by atoms with Gasteiger partial charge in [-0.25, -0.2) is 0 Å². The summed E-state index contributed by atoms with van der Waals surface area (Å²) < 4.78 is 5.76. The van der Waals surface area contributed by atoms with Crippen LogP contribution in [-0.4, -0.2) is 24.0 Å². The zero-order chi connectivity index (χ0) is 12.4. The Balaban J connectivity index is 2.18. The average molecular weight is 236 g/mol. The van der Waals surface area contributed by atoms with Crippen LogP contribution in [0.5, 0.6) is 0 Å². The van der Waals surface area contributed by atoms with Crippen LogP contribution >= 0.6 is 0 Å². The summed E-state index contributed by atoms with van der Waals surface area (Å²) in [6.07, 6.45) is 2.56. The van der Waals surface area contributed by atoms with E-state index in [1.807, 2.05) is 13.0 Å². The molecular formula is C14H24N2O. The maximum Gasteiger partial charge on any atom is 0.122 e. The third-order valence-corrected chi connectivity index (χ3v) is 3.82. The molecule has 1 fully saturated rings. The van der Waals surface area contributed by atoms with Crippen LogP contribution in [0.15, 0.2) is 16.5 Å². The molecular weight excluding hydrogens is 212 g/mol. The van der Waals surface area contributed by atoms with Crippen molar-refractivity contribution in [2.24, 2.45) is 11.7 Å². The maximum absolute atomic E-state index is 5.95. The standard InChI is InChI=1S/C14H24N2O/c1-10(2)12-5-4-8-16(12)13(9-15)14-7-6-11(3)17-14/h6-7,10,12-13H,4-5,8-9,15H2,1-3H3. The van der Waals surface area contributed by atoms with Gasteiger partial charge >= 0.3 is 0 Å². The van der Waals surface area contributed by atoms with Crippen molar-refractivity contribution in [1.29, 1.82) is 0 Å². The molecule has 0 amide bonds. The Bertz CT molecular complexity index is 359. The van der Waals surface area contributed by atoms with Crippen LogP contribution in [0.1, 0.15) is 44.3 Å². The monoisotopic (exact) mass is 236 g/mol. The van der Waals surface area contributed by atoms with E-state index in [0.717, 1.165) is 18.1 Å². The molecule has 3 nitrogen and oxygen atoms in total. The number of furan rings is 1. The van der Waals surface area contributed by atoms with E-state index in [9.17, 15) is 0 Å². The van der Waals surface area contributed by atoms with Gasteiger partial charge in [-0.1, -0.05) is 13.8 Å². The van der Waals surface area contributed by atoms with Crippen LogP contribution in [0.2, 0.25) is 0 Å². The van der Waals surface area contributed by atoms with Crippen molar-refractivity contribution < 1.29 is 4.42 Å². The van der Waals surface area contributed by atoms with Gasteiger partial charge in [-0.3, -0.25) is 4.90 Å². The van der Waals surface area contributed by atoms with Gasteiger partial charge in [-0.05, 0) is 44.4 Å². The van der Waals surface area contributed by atoms with Gasteiger partial charge in [0.1, 0.15) is 11.5 Å². The summed E-state index contributed by atoms with van der Waals surface area (Å²) in [5, 5.41) is 0. The summed E-state index contributed by atoms with van der Waals surface area (Å²) in [6.45, 7) is 8.36. The van der Waals surface area contributed by atoms with E-state index in [4.69, 9.17) is 10.2 Å². The molecule has 2 unspecified atom stereocenters. The predicted molar refractivity (Wildman–Crippen MR) is 69.8 cm³/mol. The topological polar surface area (TPSA) is 42.4 Å². The number of rotatable bonds is 4. The predicted octanol–water partition coefficient (Wildman–Crippen LogP) is 2.71. The van der Waals surface area contributed by atoms with Gasteiger partial charge in [0.2, 0.25) is 0 Å². The van der Waals surface area contributed by atoms with E-state index in [1.54, 1.807) is 0 Å². The lowest BCUT2D eigenvalue weighted by molar-refractivity contribution is 0.133. The number of aryl methyl sites for hydroxylation is 1. The van der Waals surface area contributed by atoms with Crippen molar-refractivity contribution in [3.05, 3.63) is 23.7 Å². The van der Waals surface area contributed by atoms with E-state index in [-0.39, 0.29) is 6.04 Å². The van der Waals surface area contributed by atoms with Crippen molar-refractivity contribution in [2.45, 2.75) is 45.7 Å². The molecule has 1 aliphatic rings. The number of nitrogens with two attached hydrogens (primary N) is 1. The van der Waals surface area contributed by atoms with Crippen molar-refractivity contribution in [3.63, 3.8) is 0 Å². The first-order valence-corrected chi connectivity index (χ1v) is 6.65. The summed E-state index contributed by atoms with van der Waals surface area (Å²) in [7, 11) is 0. The minimum absolute atomic E-state index is 0.249. The molecule has 0 saturated carbocycles. The molecule has 0 aliphatic carbocycles. The lowest BCUT2D eigenvalue weighted by Crippen LogP contribution is -2.39. The second kappa shape index (κ2) is 5.23. The van der Waals surface area contributed by atoms with Crippen LogP contribution in [0, 0.1) is 12.8 Å². The Morgan fingerprint density at radius 3 is 2.76 bits per heavy atom.